The number of benzene rings is 16. The first-order chi connectivity index (χ1) is 54.6. The minimum absolute atomic E-state index is 0.795. The number of thiophene rings is 3. The minimum Gasteiger partial charge on any atom is -0.457 e. The lowest BCUT2D eigenvalue weighted by Gasteiger charge is -2.40. The van der Waals surface area contributed by atoms with Gasteiger partial charge in [0.1, 0.15) is 11.5 Å². The highest BCUT2D eigenvalue weighted by atomic mass is 32.1. The third-order valence-corrected chi connectivity index (χ3v) is 26.0. The molecule has 1 unspecified atom stereocenters. The molecule has 5 heterocycles. The Kier molecular flexibility index (Phi) is 15.0. The van der Waals surface area contributed by atoms with Crippen molar-refractivity contribution in [3.05, 3.63) is 411 Å². The van der Waals surface area contributed by atoms with Gasteiger partial charge in [-0.15, -0.1) is 34.0 Å². The molecule has 20 aromatic rings. The maximum Gasteiger partial charge on any atom is 0.132 e. The van der Waals surface area contributed by atoms with E-state index < -0.39 is 5.41 Å². The summed E-state index contributed by atoms with van der Waals surface area (Å²) < 4.78 is 15.0. The van der Waals surface area contributed by atoms with Crippen LogP contribution in [0.15, 0.2) is 389 Å². The van der Waals surface area contributed by atoms with Crippen LogP contribution in [0.2, 0.25) is 0 Å². The van der Waals surface area contributed by atoms with Crippen molar-refractivity contribution in [3.63, 3.8) is 0 Å². The lowest BCUT2D eigenvalue weighted by molar-refractivity contribution is 0.436. The van der Waals surface area contributed by atoms with Gasteiger partial charge < -0.3 is 19.4 Å². The molecule has 22 rings (SSSR count). The largest absolute Gasteiger partial charge is 0.457 e. The standard InChI is InChI=1S/C102H64N4OS3/c1-6-26-65(27-7-1)83-58-75(60-85-79-38-17-22-45-95(79)108-99(83)85)104(69-31-10-3-11-32-69)72-49-47-66(48-50-72)77-40-24-42-88-98(77)82-53-51-73(105(70-33-12-4-13-34-70)76-59-84(68-30-25-57-103-64-68)100-86(61-76)80-39-18-23-46-96(80)109-100)62-89(82)102(88)87-41-19-20-43-92(87)107-93-56-52-74(63-90(93)102)106(71-35-14-5-15-36-71)91-55-54-81-78-37-16-21-44-94(78)110-101(81)97(91)67-28-8-2-9-29-67/h1-64H. The predicted molar refractivity (Wildman–Crippen MR) is 466 cm³/mol. The summed E-state index contributed by atoms with van der Waals surface area (Å²) in [7, 11) is 0. The number of fused-ring (bicyclic) bond motifs is 18. The van der Waals surface area contributed by atoms with E-state index in [2.05, 4.69) is 385 Å². The number of nitrogens with zero attached hydrogens (tertiary/aromatic N) is 4. The molecule has 0 N–H and O–H groups in total. The molecule has 0 fully saturated rings. The Labute approximate surface area is 648 Å². The van der Waals surface area contributed by atoms with Crippen LogP contribution in [-0.2, 0) is 5.41 Å². The molecule has 4 aromatic heterocycles. The fraction of sp³-hybridized carbons (Fsp3) is 0.00980. The van der Waals surface area contributed by atoms with Crippen molar-refractivity contribution < 1.29 is 4.74 Å². The summed E-state index contributed by atoms with van der Waals surface area (Å²) in [5.41, 5.74) is 24.4. The van der Waals surface area contributed by atoms with E-state index in [-0.39, 0.29) is 0 Å². The Morgan fingerprint density at radius 1 is 0.245 bits per heavy atom. The number of anilines is 9. The number of rotatable bonds is 13. The Morgan fingerprint density at radius 3 is 1.34 bits per heavy atom. The molecule has 1 aliphatic heterocycles. The molecule has 0 radical (unpaired) electrons. The maximum atomic E-state index is 7.43. The van der Waals surface area contributed by atoms with E-state index in [1.54, 1.807) is 0 Å². The number of ether oxygens (including phenoxy) is 1. The lowest BCUT2D eigenvalue weighted by atomic mass is 9.65. The van der Waals surface area contributed by atoms with Crippen molar-refractivity contribution in [2.24, 2.45) is 0 Å². The first-order valence-corrected chi connectivity index (χ1v) is 39.7. The van der Waals surface area contributed by atoms with Gasteiger partial charge >= 0.3 is 0 Å². The number of pyridine rings is 1. The molecule has 1 aliphatic carbocycles. The number of hydrogen-bond donors (Lipinski definition) is 0. The van der Waals surface area contributed by atoms with Crippen molar-refractivity contribution in [1.82, 2.24) is 4.98 Å². The van der Waals surface area contributed by atoms with Gasteiger partial charge in [0.2, 0.25) is 0 Å². The smallest absolute Gasteiger partial charge is 0.132 e. The van der Waals surface area contributed by atoms with E-state index in [0.717, 1.165) is 113 Å². The molecule has 516 valence electrons. The molecule has 110 heavy (non-hydrogen) atoms. The van der Waals surface area contributed by atoms with Crippen LogP contribution < -0.4 is 19.4 Å². The predicted octanol–water partition coefficient (Wildman–Crippen LogP) is 29.7. The molecule has 0 bridgehead atoms. The number of hydrogen-bond acceptors (Lipinski definition) is 8. The summed E-state index contributed by atoms with van der Waals surface area (Å²) in [6.07, 6.45) is 3.87. The molecule has 8 heteroatoms. The van der Waals surface area contributed by atoms with Gasteiger partial charge in [-0.1, -0.05) is 237 Å². The zero-order chi connectivity index (χ0) is 72.4. The van der Waals surface area contributed by atoms with E-state index in [1.165, 1.54) is 88.3 Å². The van der Waals surface area contributed by atoms with Gasteiger partial charge in [0, 0.05) is 152 Å². The molecule has 1 spiro atoms. The molecular formula is C102H64N4OS3. The van der Waals surface area contributed by atoms with E-state index in [1.807, 2.05) is 52.5 Å². The maximum absolute atomic E-state index is 7.43. The second-order valence-corrected chi connectivity index (χ2v) is 31.5. The fourth-order valence-corrected chi connectivity index (χ4v) is 21.3. The summed E-state index contributed by atoms with van der Waals surface area (Å²) in [6.45, 7) is 0. The molecule has 5 nitrogen and oxygen atoms in total. The van der Waals surface area contributed by atoms with E-state index in [4.69, 9.17) is 9.72 Å². The molecule has 2 aliphatic rings. The van der Waals surface area contributed by atoms with Gasteiger partial charge in [0.25, 0.3) is 0 Å². The summed E-state index contributed by atoms with van der Waals surface area (Å²) in [5.74, 6) is 1.61. The normalized spacial score (nSPS) is 13.4. The SMILES string of the molecule is c1ccc(-c2cc(N(c3ccccc3)c3ccc(-c4cccc5c4-c4ccc(N(c6ccccc6)c6cc(-c7cccnc7)c7sc8ccccc8c7c6)cc4C54c5ccccc5Oc5ccc(N(c6ccccc6)c6ccc7c(sc8ccccc87)c6-c6ccccc6)cc54)cc3)cc3c2sc2ccccc23)cc1. The van der Waals surface area contributed by atoms with E-state index in [9.17, 15) is 0 Å². The quantitative estimate of drug-likeness (QED) is 0.115. The highest BCUT2D eigenvalue weighted by molar-refractivity contribution is 7.27. The van der Waals surface area contributed by atoms with Gasteiger partial charge in [-0.25, -0.2) is 0 Å². The topological polar surface area (TPSA) is 31.8 Å². The third kappa shape index (κ3) is 10.1. The highest BCUT2D eigenvalue weighted by Crippen LogP contribution is 2.66. The Bertz CT molecular complexity index is 7000. The summed E-state index contributed by atoms with van der Waals surface area (Å²) >= 11 is 5.58. The number of aromatic nitrogens is 1. The zero-order valence-corrected chi connectivity index (χ0v) is 61.8. The highest BCUT2D eigenvalue weighted by Gasteiger charge is 2.52. The Hall–Kier alpha value is -13.5. The van der Waals surface area contributed by atoms with Crippen molar-refractivity contribution in [3.8, 4) is 67.1 Å². The van der Waals surface area contributed by atoms with Crippen molar-refractivity contribution >= 4 is 146 Å². The van der Waals surface area contributed by atoms with Gasteiger partial charge in [0.05, 0.1) is 11.1 Å². The van der Waals surface area contributed by atoms with Crippen molar-refractivity contribution in [2.75, 3.05) is 14.7 Å². The van der Waals surface area contributed by atoms with Gasteiger partial charge in [-0.05, 0) is 184 Å². The van der Waals surface area contributed by atoms with Crippen LogP contribution in [0.5, 0.6) is 11.5 Å². The molecule has 0 saturated carbocycles. The molecule has 16 aromatic carbocycles. The van der Waals surface area contributed by atoms with Crippen molar-refractivity contribution in [2.45, 2.75) is 5.41 Å². The first kappa shape index (κ1) is 63.8. The third-order valence-electron chi connectivity index (χ3n) is 22.3. The summed E-state index contributed by atoms with van der Waals surface area (Å²) in [5, 5.41) is 7.44. The van der Waals surface area contributed by atoms with Crippen LogP contribution in [0.1, 0.15) is 22.3 Å². The molecule has 1 atom stereocenters. The molecule has 0 saturated heterocycles. The second kappa shape index (κ2) is 25.9. The summed E-state index contributed by atoms with van der Waals surface area (Å²) in [4.78, 5) is 12.1. The average Bonchev–Trinajstić information content (AvgIpc) is 1.49. The van der Waals surface area contributed by atoms with Crippen LogP contribution in [0, 0.1) is 0 Å². The molecule has 0 amide bonds. The monoisotopic (exact) mass is 1460 g/mol. The zero-order valence-electron chi connectivity index (χ0n) is 59.4. The van der Waals surface area contributed by atoms with E-state index >= 15 is 0 Å². The average molecular weight is 1460 g/mol. The van der Waals surface area contributed by atoms with Crippen LogP contribution >= 0.6 is 34.0 Å². The summed E-state index contributed by atoms with van der Waals surface area (Å²) in [6, 6.07) is 139. The Balaban J connectivity index is 0.789. The van der Waals surface area contributed by atoms with E-state index in [0.29, 0.717) is 0 Å². The van der Waals surface area contributed by atoms with Gasteiger partial charge in [-0.3, -0.25) is 4.98 Å². The van der Waals surface area contributed by atoms with Crippen LogP contribution in [0.3, 0.4) is 0 Å². The number of para-hydroxylation sites is 4. The van der Waals surface area contributed by atoms with Crippen LogP contribution in [0.4, 0.5) is 51.2 Å². The minimum atomic E-state index is -0.960. The van der Waals surface area contributed by atoms with Gasteiger partial charge in [-0.2, -0.15) is 0 Å². The fourth-order valence-electron chi connectivity index (χ4n) is 17.6. The van der Waals surface area contributed by atoms with Gasteiger partial charge in [0.15, 0.2) is 0 Å². The van der Waals surface area contributed by atoms with Crippen LogP contribution in [0.25, 0.3) is 116 Å². The van der Waals surface area contributed by atoms with Crippen molar-refractivity contribution in [1.29, 1.82) is 0 Å². The second-order valence-electron chi connectivity index (χ2n) is 28.4. The Morgan fingerprint density at radius 2 is 0.709 bits per heavy atom. The van der Waals surface area contributed by atoms with Crippen LogP contribution in [-0.4, -0.2) is 4.98 Å². The molecular weight excluding hydrogens is 1390 g/mol. The first-order valence-electron chi connectivity index (χ1n) is 37.3. The lowest BCUT2D eigenvalue weighted by Crippen LogP contribution is -2.32.